The quantitative estimate of drug-likeness (QED) is 0.417. The summed E-state index contributed by atoms with van der Waals surface area (Å²) in [6.07, 6.45) is -4.53. The Labute approximate surface area is 173 Å². The summed E-state index contributed by atoms with van der Waals surface area (Å²) in [6.45, 7) is 0.174. The molecular weight excluding hydrogens is 424 g/mol. The molecule has 0 aliphatic heterocycles. The van der Waals surface area contributed by atoms with Crippen LogP contribution in [0.5, 0.6) is 0 Å². The zero-order chi connectivity index (χ0) is 20.9. The molecule has 4 aromatic rings. The van der Waals surface area contributed by atoms with Crippen molar-refractivity contribution >= 4 is 50.9 Å². The molecule has 0 aliphatic rings. The van der Waals surface area contributed by atoms with Crippen LogP contribution in [0.4, 0.5) is 13.2 Å². The van der Waals surface area contributed by atoms with Crippen LogP contribution in [0, 0.1) is 6.07 Å². The molecule has 0 atom stereocenters. The van der Waals surface area contributed by atoms with Crippen molar-refractivity contribution < 1.29 is 18.0 Å². The van der Waals surface area contributed by atoms with Gasteiger partial charge in [-0.15, -0.1) is 0 Å². The number of fused-ring (bicyclic) bond motifs is 3. The summed E-state index contributed by atoms with van der Waals surface area (Å²) in [5.74, 6) is -0.674. The summed E-state index contributed by atoms with van der Waals surface area (Å²) >= 11 is 12.2. The monoisotopic (exact) mass is 435 g/mol. The molecule has 2 N–H and O–H groups in total. The van der Waals surface area contributed by atoms with E-state index in [0.717, 1.165) is 12.1 Å². The van der Waals surface area contributed by atoms with Crippen molar-refractivity contribution in [1.82, 2.24) is 4.57 Å². The van der Waals surface area contributed by atoms with Crippen molar-refractivity contribution in [3.05, 3.63) is 81.3 Å². The van der Waals surface area contributed by atoms with Crippen molar-refractivity contribution in [2.75, 3.05) is 0 Å². The fourth-order valence-corrected chi connectivity index (χ4v) is 3.88. The van der Waals surface area contributed by atoms with Gasteiger partial charge in [0.15, 0.2) is 0 Å². The number of primary amides is 1. The summed E-state index contributed by atoms with van der Waals surface area (Å²) in [5, 5.41) is 1.67. The predicted octanol–water partition coefficient (Wildman–Crippen LogP) is 6.07. The number of hydrogen-bond acceptors (Lipinski definition) is 1. The molecule has 0 spiro atoms. The number of hydrogen-bond donors (Lipinski definition) is 1. The number of amides is 1. The fourth-order valence-electron chi connectivity index (χ4n) is 3.42. The minimum absolute atomic E-state index is 0.174. The molecule has 0 bridgehead atoms. The van der Waals surface area contributed by atoms with Gasteiger partial charge >= 0.3 is 6.18 Å². The third-order valence-electron chi connectivity index (χ3n) is 4.73. The lowest BCUT2D eigenvalue weighted by Crippen LogP contribution is -2.11. The van der Waals surface area contributed by atoms with Crippen LogP contribution in [0.1, 0.15) is 21.5 Å². The van der Waals surface area contributed by atoms with E-state index in [2.05, 4.69) is 6.07 Å². The van der Waals surface area contributed by atoms with Crippen molar-refractivity contribution in [3.63, 3.8) is 0 Å². The Hall–Kier alpha value is -2.70. The Morgan fingerprint density at radius 3 is 2.52 bits per heavy atom. The first kappa shape index (κ1) is 19.6. The first-order valence-corrected chi connectivity index (χ1v) is 9.20. The number of alkyl halides is 3. The number of aromatic nitrogens is 1. The Bertz CT molecular complexity index is 1280. The summed E-state index contributed by atoms with van der Waals surface area (Å²) in [5.41, 5.74) is 6.36. The molecule has 0 aliphatic carbocycles. The summed E-state index contributed by atoms with van der Waals surface area (Å²) < 4.78 is 41.6. The van der Waals surface area contributed by atoms with Crippen molar-refractivity contribution in [2.24, 2.45) is 5.73 Å². The average molecular weight is 436 g/mol. The number of benzene rings is 3. The molecule has 1 aromatic heterocycles. The molecule has 3 aromatic carbocycles. The SMILES string of the molecule is NC(=O)c1cccc2c1c1[c]cc(C(F)(F)F)cc1n2Cc1ccc(Cl)cc1Cl. The molecule has 0 saturated heterocycles. The Kier molecular flexibility index (Phi) is 4.71. The first-order valence-electron chi connectivity index (χ1n) is 8.44. The van der Waals surface area contributed by atoms with Gasteiger partial charge in [-0.25, -0.2) is 0 Å². The summed E-state index contributed by atoms with van der Waals surface area (Å²) in [6, 6.07) is 14.4. The van der Waals surface area contributed by atoms with E-state index in [-0.39, 0.29) is 17.6 Å². The van der Waals surface area contributed by atoms with Gasteiger partial charge in [0, 0.05) is 32.9 Å². The lowest BCUT2D eigenvalue weighted by atomic mass is 10.0. The number of nitrogens with zero attached hydrogens (tertiary/aromatic N) is 1. The summed E-state index contributed by atoms with van der Waals surface area (Å²) in [7, 11) is 0. The third kappa shape index (κ3) is 3.43. The number of nitrogens with two attached hydrogens (primary N) is 1. The Morgan fingerprint density at radius 1 is 1.10 bits per heavy atom. The summed E-state index contributed by atoms with van der Waals surface area (Å²) in [4.78, 5) is 11.9. The number of rotatable bonds is 3. The fraction of sp³-hybridized carbons (Fsp3) is 0.0952. The maximum atomic E-state index is 13.3. The van der Waals surface area contributed by atoms with Crippen LogP contribution in [-0.4, -0.2) is 10.5 Å². The lowest BCUT2D eigenvalue weighted by Gasteiger charge is -2.11. The second kappa shape index (κ2) is 6.97. The molecule has 8 heteroatoms. The van der Waals surface area contributed by atoms with Gasteiger partial charge in [0.25, 0.3) is 0 Å². The third-order valence-corrected chi connectivity index (χ3v) is 5.32. The number of halogens is 5. The molecule has 1 heterocycles. The lowest BCUT2D eigenvalue weighted by molar-refractivity contribution is -0.137. The zero-order valence-electron chi connectivity index (χ0n) is 14.6. The second-order valence-electron chi connectivity index (χ2n) is 6.53. The maximum Gasteiger partial charge on any atom is 0.416 e. The molecule has 1 radical (unpaired) electrons. The maximum absolute atomic E-state index is 13.3. The molecule has 0 fully saturated rings. The Balaban J connectivity index is 2.06. The largest absolute Gasteiger partial charge is 0.416 e. The van der Waals surface area contributed by atoms with E-state index in [4.69, 9.17) is 28.9 Å². The molecule has 29 heavy (non-hydrogen) atoms. The van der Waals surface area contributed by atoms with Crippen LogP contribution < -0.4 is 5.73 Å². The minimum Gasteiger partial charge on any atom is -0.366 e. The van der Waals surface area contributed by atoms with E-state index in [9.17, 15) is 18.0 Å². The van der Waals surface area contributed by atoms with Crippen LogP contribution >= 0.6 is 23.2 Å². The van der Waals surface area contributed by atoms with E-state index in [1.165, 1.54) is 6.07 Å². The van der Waals surface area contributed by atoms with Crippen molar-refractivity contribution in [3.8, 4) is 0 Å². The van der Waals surface area contributed by atoms with Crippen LogP contribution in [0.3, 0.4) is 0 Å². The van der Waals surface area contributed by atoms with E-state index in [0.29, 0.717) is 31.9 Å². The van der Waals surface area contributed by atoms with E-state index >= 15 is 0 Å². The molecule has 0 saturated carbocycles. The average Bonchev–Trinajstić information content (AvgIpc) is 2.96. The van der Waals surface area contributed by atoms with Gasteiger partial charge in [0.1, 0.15) is 0 Å². The highest BCUT2D eigenvalue weighted by molar-refractivity contribution is 6.35. The van der Waals surface area contributed by atoms with Crippen molar-refractivity contribution in [1.29, 1.82) is 0 Å². The van der Waals surface area contributed by atoms with Gasteiger partial charge in [0.2, 0.25) is 5.91 Å². The molecule has 0 unspecified atom stereocenters. The first-order chi connectivity index (χ1) is 13.7. The number of carbonyl (C=O) groups is 1. The van der Waals surface area contributed by atoms with Crippen LogP contribution in [-0.2, 0) is 12.7 Å². The molecular formula is C21H12Cl2F3N2O. The van der Waals surface area contributed by atoms with Gasteiger partial charge in [-0.3, -0.25) is 4.79 Å². The normalized spacial score (nSPS) is 12.0. The highest BCUT2D eigenvalue weighted by Gasteiger charge is 2.31. The van der Waals surface area contributed by atoms with E-state index in [1.807, 2.05) is 0 Å². The second-order valence-corrected chi connectivity index (χ2v) is 7.38. The Morgan fingerprint density at radius 2 is 1.86 bits per heavy atom. The van der Waals surface area contributed by atoms with Gasteiger partial charge in [-0.1, -0.05) is 35.3 Å². The molecule has 4 rings (SSSR count). The molecule has 147 valence electrons. The topological polar surface area (TPSA) is 48.0 Å². The van der Waals surface area contributed by atoms with Gasteiger partial charge in [-0.2, -0.15) is 13.2 Å². The zero-order valence-corrected chi connectivity index (χ0v) is 16.2. The standard InChI is InChI=1S/C21H12Cl2F3N2O/c22-13-6-4-11(16(23)9-13)10-28-17-3-1-2-15(20(27)29)19(17)14-7-5-12(8-18(14)28)21(24,25)26/h1-6,8-9H,10H2,(H2,27,29). The predicted molar refractivity (Wildman–Crippen MR) is 107 cm³/mol. The van der Waals surface area contributed by atoms with E-state index < -0.39 is 17.6 Å². The number of carbonyl (C=O) groups excluding carboxylic acids is 1. The van der Waals surface area contributed by atoms with E-state index in [1.54, 1.807) is 34.9 Å². The van der Waals surface area contributed by atoms with Gasteiger partial charge in [0.05, 0.1) is 16.6 Å². The van der Waals surface area contributed by atoms with Crippen LogP contribution in [0.15, 0.2) is 48.5 Å². The minimum atomic E-state index is -4.53. The van der Waals surface area contributed by atoms with Gasteiger partial charge < -0.3 is 10.3 Å². The smallest absolute Gasteiger partial charge is 0.366 e. The van der Waals surface area contributed by atoms with Crippen LogP contribution in [0.25, 0.3) is 21.8 Å². The molecule has 1 amide bonds. The molecule has 3 nitrogen and oxygen atoms in total. The highest BCUT2D eigenvalue weighted by Crippen LogP contribution is 2.37. The van der Waals surface area contributed by atoms with Crippen LogP contribution in [0.2, 0.25) is 10.0 Å². The van der Waals surface area contributed by atoms with Crippen molar-refractivity contribution in [2.45, 2.75) is 12.7 Å². The van der Waals surface area contributed by atoms with Gasteiger partial charge in [-0.05, 0) is 48.0 Å². The highest BCUT2D eigenvalue weighted by atomic mass is 35.5.